The molecule has 0 fully saturated rings. The standard InChI is InChI=1S/C9H4ClF2N3/c10-8-6(3-14)7(9(11)12)5(1-2-13)4-15-8/h4,9H,1H2. The van der Waals surface area contributed by atoms with Crippen molar-refractivity contribution in [2.75, 3.05) is 0 Å². The van der Waals surface area contributed by atoms with E-state index in [1.165, 1.54) is 0 Å². The summed E-state index contributed by atoms with van der Waals surface area (Å²) in [7, 11) is 0. The second-order valence-electron chi connectivity index (χ2n) is 2.61. The summed E-state index contributed by atoms with van der Waals surface area (Å²) in [6, 6.07) is 3.28. The lowest BCUT2D eigenvalue weighted by Crippen LogP contribution is -2.01. The number of nitriles is 2. The van der Waals surface area contributed by atoms with E-state index < -0.39 is 12.0 Å². The average molecular weight is 228 g/mol. The zero-order chi connectivity index (χ0) is 11.4. The monoisotopic (exact) mass is 227 g/mol. The maximum atomic E-state index is 12.6. The first-order valence-electron chi connectivity index (χ1n) is 3.84. The van der Waals surface area contributed by atoms with E-state index in [-0.39, 0.29) is 22.7 Å². The van der Waals surface area contributed by atoms with E-state index in [1.54, 1.807) is 12.1 Å². The number of hydrogen-bond acceptors (Lipinski definition) is 3. The van der Waals surface area contributed by atoms with E-state index in [1.807, 2.05) is 0 Å². The predicted octanol–water partition coefficient (Wildman–Crippen LogP) is 2.61. The fourth-order valence-electron chi connectivity index (χ4n) is 1.12. The van der Waals surface area contributed by atoms with Crippen LogP contribution in [0.5, 0.6) is 0 Å². The highest BCUT2D eigenvalue weighted by molar-refractivity contribution is 6.30. The Labute approximate surface area is 89.5 Å². The zero-order valence-corrected chi connectivity index (χ0v) is 8.09. The number of hydrogen-bond donors (Lipinski definition) is 0. The number of pyridine rings is 1. The van der Waals surface area contributed by atoms with Gasteiger partial charge in [-0.05, 0) is 5.56 Å². The van der Waals surface area contributed by atoms with E-state index in [0.717, 1.165) is 6.20 Å². The number of alkyl halides is 2. The van der Waals surface area contributed by atoms with Crippen LogP contribution in [0.3, 0.4) is 0 Å². The molecular formula is C9H4ClF2N3. The van der Waals surface area contributed by atoms with Crippen molar-refractivity contribution in [3.05, 3.63) is 28.0 Å². The lowest BCUT2D eigenvalue weighted by Gasteiger charge is -2.08. The van der Waals surface area contributed by atoms with E-state index in [2.05, 4.69) is 4.98 Å². The molecule has 6 heteroatoms. The van der Waals surface area contributed by atoms with E-state index in [9.17, 15) is 8.78 Å². The van der Waals surface area contributed by atoms with Crippen LogP contribution in [0.25, 0.3) is 0 Å². The Hall–Kier alpha value is -1.72. The molecule has 0 spiro atoms. The van der Waals surface area contributed by atoms with Crippen molar-refractivity contribution in [2.45, 2.75) is 12.8 Å². The number of halogens is 3. The fraction of sp³-hybridized carbons (Fsp3) is 0.222. The third kappa shape index (κ3) is 2.20. The highest BCUT2D eigenvalue weighted by Crippen LogP contribution is 2.29. The molecule has 15 heavy (non-hydrogen) atoms. The zero-order valence-electron chi connectivity index (χ0n) is 7.34. The number of nitrogens with zero attached hydrogens (tertiary/aromatic N) is 3. The van der Waals surface area contributed by atoms with Gasteiger partial charge in [0.2, 0.25) is 0 Å². The van der Waals surface area contributed by atoms with Gasteiger partial charge in [0.05, 0.1) is 18.1 Å². The van der Waals surface area contributed by atoms with Gasteiger partial charge in [-0.3, -0.25) is 0 Å². The van der Waals surface area contributed by atoms with Crippen LogP contribution >= 0.6 is 11.6 Å². The first-order chi connectivity index (χ1) is 7.11. The van der Waals surface area contributed by atoms with Gasteiger partial charge in [-0.1, -0.05) is 11.6 Å². The van der Waals surface area contributed by atoms with Gasteiger partial charge in [-0.2, -0.15) is 10.5 Å². The Bertz CT molecular complexity index is 460. The SMILES string of the molecule is N#CCc1cnc(Cl)c(C#N)c1C(F)F. The molecule has 0 saturated heterocycles. The van der Waals surface area contributed by atoms with Gasteiger partial charge >= 0.3 is 0 Å². The summed E-state index contributed by atoms with van der Waals surface area (Å²) in [5.41, 5.74) is -0.827. The molecule has 1 rings (SSSR count). The van der Waals surface area contributed by atoms with Crippen LogP contribution < -0.4 is 0 Å². The minimum atomic E-state index is -2.84. The van der Waals surface area contributed by atoms with Gasteiger partial charge in [-0.25, -0.2) is 13.8 Å². The Morgan fingerprint density at radius 2 is 2.13 bits per heavy atom. The molecule has 1 aromatic heterocycles. The molecule has 0 bridgehead atoms. The molecule has 0 unspecified atom stereocenters. The van der Waals surface area contributed by atoms with Crippen molar-refractivity contribution in [2.24, 2.45) is 0 Å². The second kappa shape index (κ2) is 4.68. The molecule has 0 N–H and O–H groups in total. The maximum absolute atomic E-state index is 12.6. The highest BCUT2D eigenvalue weighted by atomic mass is 35.5. The quantitative estimate of drug-likeness (QED) is 0.730. The van der Waals surface area contributed by atoms with Gasteiger partial charge in [0.1, 0.15) is 11.2 Å². The third-order valence-corrected chi connectivity index (χ3v) is 2.04. The predicted molar refractivity (Wildman–Crippen MR) is 48.2 cm³/mol. The average Bonchev–Trinajstić information content (AvgIpc) is 2.20. The van der Waals surface area contributed by atoms with E-state index in [4.69, 9.17) is 22.1 Å². The first-order valence-corrected chi connectivity index (χ1v) is 4.22. The van der Waals surface area contributed by atoms with Crippen LogP contribution in [0.15, 0.2) is 6.20 Å². The molecule has 1 heterocycles. The number of rotatable bonds is 2. The molecule has 1 aromatic rings. The normalized spacial score (nSPS) is 9.73. The second-order valence-corrected chi connectivity index (χ2v) is 2.97. The fourth-order valence-corrected chi connectivity index (χ4v) is 1.31. The van der Waals surface area contributed by atoms with Crippen molar-refractivity contribution in [3.8, 4) is 12.1 Å². The van der Waals surface area contributed by atoms with Crippen LogP contribution in [0.1, 0.15) is 23.1 Å². The molecule has 0 aromatic carbocycles. The van der Waals surface area contributed by atoms with Crippen LogP contribution in [-0.4, -0.2) is 4.98 Å². The number of aromatic nitrogens is 1. The summed E-state index contributed by atoms with van der Waals surface area (Å²) in [5, 5.41) is 16.8. The minimum absolute atomic E-state index is 0.0356. The summed E-state index contributed by atoms with van der Waals surface area (Å²) < 4.78 is 25.3. The third-order valence-electron chi connectivity index (χ3n) is 1.75. The van der Waals surface area contributed by atoms with Crippen molar-refractivity contribution in [3.63, 3.8) is 0 Å². The van der Waals surface area contributed by atoms with Gasteiger partial charge in [-0.15, -0.1) is 0 Å². The Kier molecular flexibility index (Phi) is 3.54. The molecule has 0 radical (unpaired) electrons. The van der Waals surface area contributed by atoms with Crippen LogP contribution in [0.4, 0.5) is 8.78 Å². The molecule has 0 amide bonds. The van der Waals surface area contributed by atoms with Crippen molar-refractivity contribution >= 4 is 11.6 Å². The molecule has 0 aliphatic rings. The van der Waals surface area contributed by atoms with Crippen LogP contribution in [-0.2, 0) is 6.42 Å². The largest absolute Gasteiger partial charge is 0.265 e. The van der Waals surface area contributed by atoms with Gasteiger partial charge in [0.15, 0.2) is 0 Å². The molecule has 0 atom stereocenters. The summed E-state index contributed by atoms with van der Waals surface area (Å²) in [5.74, 6) is 0. The van der Waals surface area contributed by atoms with Gasteiger partial charge < -0.3 is 0 Å². The van der Waals surface area contributed by atoms with E-state index >= 15 is 0 Å². The molecule has 0 aliphatic heterocycles. The van der Waals surface area contributed by atoms with Crippen molar-refractivity contribution < 1.29 is 8.78 Å². The van der Waals surface area contributed by atoms with Crippen molar-refractivity contribution in [1.29, 1.82) is 10.5 Å². The summed E-state index contributed by atoms with van der Waals surface area (Å²) >= 11 is 5.50. The van der Waals surface area contributed by atoms with Crippen molar-refractivity contribution in [1.82, 2.24) is 4.98 Å². The Morgan fingerprint density at radius 1 is 1.47 bits per heavy atom. The van der Waals surface area contributed by atoms with Gasteiger partial charge in [0, 0.05) is 11.8 Å². The van der Waals surface area contributed by atoms with Gasteiger partial charge in [0.25, 0.3) is 6.43 Å². The Balaban J connectivity index is 3.45. The lowest BCUT2D eigenvalue weighted by molar-refractivity contribution is 0.150. The summed E-state index contributed by atoms with van der Waals surface area (Å²) in [6.07, 6.45) is -1.98. The molecule has 76 valence electrons. The smallest absolute Gasteiger partial charge is 0.243 e. The van der Waals surface area contributed by atoms with Crippen LogP contribution in [0.2, 0.25) is 5.15 Å². The molecule has 0 aliphatic carbocycles. The highest BCUT2D eigenvalue weighted by Gasteiger charge is 2.21. The molecular weight excluding hydrogens is 224 g/mol. The van der Waals surface area contributed by atoms with E-state index in [0.29, 0.717) is 0 Å². The summed E-state index contributed by atoms with van der Waals surface area (Å²) in [4.78, 5) is 3.57. The van der Waals surface area contributed by atoms with Crippen LogP contribution in [0, 0.1) is 22.7 Å². The maximum Gasteiger partial charge on any atom is 0.265 e. The molecule has 3 nitrogen and oxygen atoms in total. The first kappa shape index (κ1) is 11.4. The lowest BCUT2D eigenvalue weighted by atomic mass is 10.0. The topological polar surface area (TPSA) is 60.5 Å². The molecule has 0 saturated carbocycles. The Morgan fingerprint density at radius 3 is 2.60 bits per heavy atom. The summed E-state index contributed by atoms with van der Waals surface area (Å²) in [6.45, 7) is 0. The minimum Gasteiger partial charge on any atom is -0.243 e.